The van der Waals surface area contributed by atoms with Crippen molar-refractivity contribution < 1.29 is 57.8 Å². The van der Waals surface area contributed by atoms with Crippen LogP contribution in [0.5, 0.6) is 11.5 Å². The fourth-order valence-corrected chi connectivity index (χ4v) is 6.25. The van der Waals surface area contributed by atoms with Crippen LogP contribution >= 0.6 is 0 Å². The number of ether oxygens (including phenoxy) is 2. The first-order valence-electron chi connectivity index (χ1n) is 15.8. The number of hydrogen-bond donors (Lipinski definition) is 0. The molecular weight excluding hydrogens is 697 g/mol. The van der Waals surface area contributed by atoms with Gasteiger partial charge in [0.05, 0.1) is 0 Å². The zero-order valence-electron chi connectivity index (χ0n) is 26.8. The highest BCUT2D eigenvalue weighted by atomic mass is 19.3. The summed E-state index contributed by atoms with van der Waals surface area (Å²) >= 11 is 0. The topological polar surface area (TPSA) is 18.5 Å². The van der Waals surface area contributed by atoms with Gasteiger partial charge < -0.3 is 9.47 Å². The Balaban J connectivity index is 1.32. The highest BCUT2D eigenvalue weighted by molar-refractivity contribution is 5.72. The third-order valence-corrected chi connectivity index (χ3v) is 8.77. The van der Waals surface area contributed by atoms with E-state index >= 15 is 8.78 Å². The Morgan fingerprint density at radius 2 is 1.27 bits per heavy atom. The molecule has 0 amide bonds. The first kappa shape index (κ1) is 37.4. The van der Waals surface area contributed by atoms with E-state index in [-0.39, 0.29) is 29.2 Å². The second kappa shape index (κ2) is 15.6. The lowest BCUT2D eigenvalue weighted by atomic mass is 9.77. The van der Waals surface area contributed by atoms with Gasteiger partial charge in [-0.2, -0.15) is 22.0 Å². The van der Waals surface area contributed by atoms with Crippen molar-refractivity contribution in [2.45, 2.75) is 57.5 Å². The lowest BCUT2D eigenvalue weighted by Gasteiger charge is -2.28. The summed E-state index contributed by atoms with van der Waals surface area (Å²) in [6, 6.07) is 6.11. The van der Waals surface area contributed by atoms with Crippen LogP contribution in [0.4, 0.5) is 48.3 Å². The van der Waals surface area contributed by atoms with Crippen LogP contribution in [0.15, 0.2) is 84.9 Å². The fraction of sp³-hybridized carbons (Fsp3) is 0.263. The van der Waals surface area contributed by atoms with Crippen molar-refractivity contribution in [1.82, 2.24) is 0 Å². The van der Waals surface area contributed by atoms with Gasteiger partial charge in [0.1, 0.15) is 34.6 Å². The molecule has 1 fully saturated rings. The van der Waals surface area contributed by atoms with Gasteiger partial charge in [-0.3, -0.25) is 0 Å². The summed E-state index contributed by atoms with van der Waals surface area (Å²) in [5, 5.41) is 0. The lowest BCUT2D eigenvalue weighted by molar-refractivity contribution is -0.189. The summed E-state index contributed by atoms with van der Waals surface area (Å²) in [6.45, 7) is 1.99. The Hall–Kier alpha value is -4.81. The maximum atomic E-state index is 15.3. The number of hydrogen-bond acceptors (Lipinski definition) is 2. The summed E-state index contributed by atoms with van der Waals surface area (Å²) in [4.78, 5) is 0. The molecule has 1 saturated carbocycles. The summed E-state index contributed by atoms with van der Waals surface area (Å²) in [5.74, 6) is -11.7. The zero-order chi connectivity index (χ0) is 37.0. The van der Waals surface area contributed by atoms with Crippen molar-refractivity contribution in [2.24, 2.45) is 5.92 Å². The van der Waals surface area contributed by atoms with Crippen LogP contribution in [0.25, 0.3) is 22.3 Å². The van der Waals surface area contributed by atoms with Gasteiger partial charge in [-0.15, -0.1) is 0 Å². The van der Waals surface area contributed by atoms with Crippen molar-refractivity contribution in [2.75, 3.05) is 0 Å². The molecule has 0 aromatic heterocycles. The van der Waals surface area contributed by atoms with Crippen molar-refractivity contribution in [3.63, 3.8) is 0 Å². The van der Waals surface area contributed by atoms with Gasteiger partial charge in [0, 0.05) is 23.3 Å². The Morgan fingerprint density at radius 3 is 1.84 bits per heavy atom. The highest BCUT2D eigenvalue weighted by Crippen LogP contribution is 2.41. The number of benzene rings is 4. The lowest BCUT2D eigenvalue weighted by Crippen LogP contribution is -2.25. The molecule has 13 heteroatoms. The Kier molecular flexibility index (Phi) is 11.5. The first-order valence-corrected chi connectivity index (χ1v) is 15.8. The Bertz CT molecular complexity index is 1910. The maximum Gasteiger partial charge on any atom is 0.432 e. The third kappa shape index (κ3) is 8.57. The number of allylic oxidation sites excluding steroid dienone is 2. The molecule has 2 nitrogen and oxygen atoms in total. The highest BCUT2D eigenvalue weighted by Gasteiger charge is 2.42. The van der Waals surface area contributed by atoms with Gasteiger partial charge in [-0.1, -0.05) is 36.4 Å². The molecule has 0 atom stereocenters. The van der Waals surface area contributed by atoms with Gasteiger partial charge in [0.15, 0.2) is 11.6 Å². The summed E-state index contributed by atoms with van der Waals surface area (Å²) in [7, 11) is 0. The smallest absolute Gasteiger partial charge is 0.429 e. The van der Waals surface area contributed by atoms with E-state index in [4.69, 9.17) is 0 Å². The minimum Gasteiger partial charge on any atom is -0.429 e. The third-order valence-electron chi connectivity index (χ3n) is 8.77. The predicted molar refractivity (Wildman–Crippen MR) is 168 cm³/mol. The van der Waals surface area contributed by atoms with Crippen LogP contribution in [-0.2, 0) is 6.11 Å². The second-order valence-corrected chi connectivity index (χ2v) is 12.1. The molecule has 0 heterocycles. The van der Waals surface area contributed by atoms with E-state index in [0.29, 0.717) is 18.1 Å². The maximum absolute atomic E-state index is 15.3. The molecule has 0 spiro atoms. The van der Waals surface area contributed by atoms with E-state index < -0.39 is 81.3 Å². The normalized spacial score (nSPS) is 16.4. The van der Waals surface area contributed by atoms with Crippen LogP contribution in [0, 0.1) is 40.8 Å². The van der Waals surface area contributed by atoms with Gasteiger partial charge in [-0.25, -0.2) is 26.3 Å². The first-order chi connectivity index (χ1) is 24.2. The fourth-order valence-electron chi connectivity index (χ4n) is 6.25. The van der Waals surface area contributed by atoms with Crippen molar-refractivity contribution in [3.8, 4) is 33.8 Å². The van der Waals surface area contributed by atoms with Crippen LogP contribution in [0.1, 0.15) is 62.5 Å². The van der Waals surface area contributed by atoms with Gasteiger partial charge in [0.2, 0.25) is 5.75 Å². The monoisotopic (exact) mass is 726 g/mol. The Labute approximate surface area is 285 Å². The van der Waals surface area contributed by atoms with Crippen LogP contribution < -0.4 is 9.47 Å². The largest absolute Gasteiger partial charge is 0.432 e. The van der Waals surface area contributed by atoms with E-state index in [1.165, 1.54) is 18.2 Å². The Morgan fingerprint density at radius 1 is 0.706 bits per heavy atom. The predicted octanol–water partition coefficient (Wildman–Crippen LogP) is 13.0. The molecule has 4 aromatic carbocycles. The molecule has 270 valence electrons. The number of halogens is 11. The molecular formula is C38H29F11O2. The van der Waals surface area contributed by atoms with E-state index in [1.807, 2.05) is 13.0 Å². The quantitative estimate of drug-likeness (QED) is 0.0870. The molecule has 0 bridgehead atoms. The summed E-state index contributed by atoms with van der Waals surface area (Å²) in [6.07, 6.45) is 2.28. The molecule has 4 aromatic rings. The molecule has 1 aliphatic carbocycles. The molecule has 51 heavy (non-hydrogen) atoms. The molecule has 0 saturated heterocycles. The van der Waals surface area contributed by atoms with Crippen LogP contribution in [0.2, 0.25) is 0 Å². The minimum absolute atomic E-state index is 0.0220. The average molecular weight is 727 g/mol. The summed E-state index contributed by atoms with van der Waals surface area (Å²) < 4.78 is 164. The standard InChI is InChI=1S/C38H29F11O2/c1-2-3-4-5-20-6-8-21(9-7-20)22-10-12-26(28(39)14-22)23-11-13-27(29(40)15-23)24-16-30(41)34(31(42)17-24)38(48,49)51-25-18-32(43)35(33(44)19-25)50-37(47)36(45)46/h2-3,10-21H,4-9H2,1H3/b3-2+. The molecule has 5 rings (SSSR count). The molecule has 0 radical (unpaired) electrons. The SMILES string of the molecule is C/C=C/CCC1CCC(c2ccc(-c3ccc(-c4cc(F)c(C(F)(F)Oc5cc(F)c(OC(F)=C(F)F)c(F)c5)c(F)c4)c(F)c3)c(F)c2)CC1. The molecule has 0 unspecified atom stereocenters. The average Bonchev–Trinajstić information content (AvgIpc) is 3.06. The van der Waals surface area contributed by atoms with Gasteiger partial charge in [0.25, 0.3) is 0 Å². The minimum atomic E-state index is -4.93. The summed E-state index contributed by atoms with van der Waals surface area (Å²) in [5.41, 5.74) is -1.90. The van der Waals surface area contributed by atoms with Crippen molar-refractivity contribution in [3.05, 3.63) is 131 Å². The van der Waals surface area contributed by atoms with E-state index in [0.717, 1.165) is 56.2 Å². The van der Waals surface area contributed by atoms with Crippen molar-refractivity contribution in [1.29, 1.82) is 0 Å². The van der Waals surface area contributed by atoms with Crippen LogP contribution in [0.3, 0.4) is 0 Å². The van der Waals surface area contributed by atoms with E-state index in [2.05, 4.69) is 15.5 Å². The molecule has 1 aliphatic rings. The number of alkyl halides is 2. The van der Waals surface area contributed by atoms with Crippen LogP contribution in [-0.4, -0.2) is 0 Å². The second-order valence-electron chi connectivity index (χ2n) is 12.1. The van der Waals surface area contributed by atoms with E-state index in [1.54, 1.807) is 6.07 Å². The number of rotatable bonds is 11. The molecule has 0 N–H and O–H groups in total. The zero-order valence-corrected chi connectivity index (χ0v) is 26.8. The molecule has 0 aliphatic heterocycles. The van der Waals surface area contributed by atoms with Gasteiger partial charge in [-0.05, 0) is 98.2 Å². The van der Waals surface area contributed by atoms with Crippen molar-refractivity contribution >= 4 is 0 Å². The van der Waals surface area contributed by atoms with Gasteiger partial charge >= 0.3 is 18.2 Å². The van der Waals surface area contributed by atoms with E-state index in [9.17, 15) is 39.5 Å².